The van der Waals surface area contributed by atoms with Crippen LogP contribution in [0, 0.1) is 5.82 Å². The van der Waals surface area contributed by atoms with Crippen LogP contribution in [0.5, 0.6) is 5.75 Å². The molecular weight excluding hydrogens is 471 g/mol. The molecule has 2 aromatic heterocycles. The lowest BCUT2D eigenvalue weighted by Crippen LogP contribution is -2.40. The molecule has 1 aliphatic rings. The number of phenols is 1. The zero-order chi connectivity index (χ0) is 24.7. The molecule has 10 heteroatoms. The van der Waals surface area contributed by atoms with Crippen molar-refractivity contribution in [2.45, 2.75) is 0 Å². The van der Waals surface area contributed by atoms with Crippen LogP contribution in [0.15, 0.2) is 70.8 Å². The summed E-state index contributed by atoms with van der Waals surface area (Å²) in [6.07, 6.45) is 4.86. The van der Waals surface area contributed by atoms with Gasteiger partial charge in [0.25, 0.3) is 0 Å². The topological polar surface area (TPSA) is 102 Å². The van der Waals surface area contributed by atoms with Crippen LogP contribution in [0.4, 0.5) is 10.2 Å². The number of aromatic nitrogens is 3. The van der Waals surface area contributed by atoms with E-state index in [-0.39, 0.29) is 22.0 Å². The van der Waals surface area contributed by atoms with Crippen molar-refractivity contribution in [3.8, 4) is 33.7 Å². The van der Waals surface area contributed by atoms with Crippen molar-refractivity contribution in [1.82, 2.24) is 14.1 Å². The highest BCUT2D eigenvalue weighted by Crippen LogP contribution is 2.40. The Morgan fingerprint density at radius 2 is 1.83 bits per heavy atom. The van der Waals surface area contributed by atoms with Crippen LogP contribution in [0.25, 0.3) is 27.9 Å². The Morgan fingerprint density at radius 1 is 1.09 bits per heavy atom. The van der Waals surface area contributed by atoms with Gasteiger partial charge in [0.1, 0.15) is 23.2 Å². The van der Waals surface area contributed by atoms with Gasteiger partial charge >= 0.3 is 5.69 Å². The third-order valence-corrected chi connectivity index (χ3v) is 6.26. The van der Waals surface area contributed by atoms with Gasteiger partial charge in [-0.05, 0) is 47.5 Å². The Labute approximate surface area is 205 Å². The SMILES string of the molecule is Cn1ccn(-c2ccc(-c3cc(F)cc(-c4ccnc(N5CCN=C(N)C5)c4)c3O)cc2Cl)c1=O. The highest BCUT2D eigenvalue weighted by atomic mass is 35.5. The quantitative estimate of drug-likeness (QED) is 0.453. The minimum atomic E-state index is -0.514. The molecule has 0 saturated heterocycles. The van der Waals surface area contributed by atoms with Crippen LogP contribution in [-0.4, -0.2) is 44.7 Å². The Kier molecular flexibility index (Phi) is 5.78. The highest BCUT2D eigenvalue weighted by molar-refractivity contribution is 6.32. The standard InChI is InChI=1S/C25H22ClFN6O2/c1-31-8-9-33(25(31)35)21-3-2-15(10-20(21)26)18-12-17(27)13-19(24(18)34)16-4-5-30-23(11-16)32-7-6-29-22(28)14-32/h2-5,8-13,34H,6-7,14H2,1H3,(H2,28,29). The molecule has 3 heterocycles. The summed E-state index contributed by atoms with van der Waals surface area (Å²) in [4.78, 5) is 22.9. The van der Waals surface area contributed by atoms with E-state index in [0.717, 1.165) is 0 Å². The number of aromatic hydroxyl groups is 1. The number of aryl methyl sites for hydroxylation is 1. The van der Waals surface area contributed by atoms with E-state index in [2.05, 4.69) is 9.98 Å². The maximum absolute atomic E-state index is 14.7. The van der Waals surface area contributed by atoms with Crippen LogP contribution in [0.3, 0.4) is 0 Å². The van der Waals surface area contributed by atoms with E-state index < -0.39 is 5.82 Å². The number of rotatable bonds is 4. The molecule has 0 unspecified atom stereocenters. The van der Waals surface area contributed by atoms with Gasteiger partial charge in [0.05, 0.1) is 23.8 Å². The minimum Gasteiger partial charge on any atom is -0.507 e. The maximum Gasteiger partial charge on any atom is 0.332 e. The van der Waals surface area contributed by atoms with E-state index in [9.17, 15) is 14.3 Å². The van der Waals surface area contributed by atoms with Crippen molar-refractivity contribution in [1.29, 1.82) is 0 Å². The van der Waals surface area contributed by atoms with E-state index in [4.69, 9.17) is 17.3 Å². The normalized spacial score (nSPS) is 13.7. The van der Waals surface area contributed by atoms with Gasteiger partial charge in [0, 0.05) is 43.3 Å². The van der Waals surface area contributed by atoms with Gasteiger partial charge in [-0.25, -0.2) is 14.2 Å². The smallest absolute Gasteiger partial charge is 0.332 e. The fourth-order valence-electron chi connectivity index (χ4n) is 4.15. The number of pyridine rings is 1. The highest BCUT2D eigenvalue weighted by Gasteiger charge is 2.18. The molecule has 8 nitrogen and oxygen atoms in total. The van der Waals surface area contributed by atoms with Gasteiger partial charge in [-0.2, -0.15) is 0 Å². The maximum atomic E-state index is 14.7. The second-order valence-corrected chi connectivity index (χ2v) is 8.68. The summed E-state index contributed by atoms with van der Waals surface area (Å²) in [6, 6.07) is 11.0. The van der Waals surface area contributed by atoms with Crippen LogP contribution in [0.2, 0.25) is 5.02 Å². The Hall–Kier alpha value is -4.11. The average molecular weight is 493 g/mol. The van der Waals surface area contributed by atoms with Crippen molar-refractivity contribution >= 4 is 23.3 Å². The van der Waals surface area contributed by atoms with E-state index in [1.807, 2.05) is 4.90 Å². The fourth-order valence-corrected chi connectivity index (χ4v) is 4.42. The molecule has 0 saturated carbocycles. The Balaban J connectivity index is 1.55. The number of anilines is 1. The summed E-state index contributed by atoms with van der Waals surface area (Å²) in [6.45, 7) is 1.68. The number of benzene rings is 2. The first-order valence-corrected chi connectivity index (χ1v) is 11.3. The number of halogens is 2. The van der Waals surface area contributed by atoms with Gasteiger partial charge in [0.15, 0.2) is 0 Å². The molecule has 0 radical (unpaired) electrons. The van der Waals surface area contributed by atoms with Crippen molar-refractivity contribution in [3.05, 3.63) is 82.4 Å². The lowest BCUT2D eigenvalue weighted by atomic mass is 9.97. The predicted molar refractivity (Wildman–Crippen MR) is 135 cm³/mol. The number of nitrogens with two attached hydrogens (primary N) is 1. The molecule has 4 aromatic rings. The first kappa shape index (κ1) is 22.7. The van der Waals surface area contributed by atoms with Gasteiger partial charge < -0.3 is 20.3 Å². The van der Waals surface area contributed by atoms with Gasteiger partial charge in [0.2, 0.25) is 0 Å². The van der Waals surface area contributed by atoms with Gasteiger partial charge in [-0.3, -0.25) is 9.56 Å². The zero-order valence-corrected chi connectivity index (χ0v) is 19.6. The van der Waals surface area contributed by atoms with Crippen LogP contribution in [0.1, 0.15) is 0 Å². The van der Waals surface area contributed by atoms with E-state index in [0.29, 0.717) is 53.7 Å². The first-order valence-electron chi connectivity index (χ1n) is 10.9. The van der Waals surface area contributed by atoms with Gasteiger partial charge in [-0.1, -0.05) is 17.7 Å². The Morgan fingerprint density at radius 3 is 2.49 bits per heavy atom. The van der Waals surface area contributed by atoms with Crippen LogP contribution < -0.4 is 16.3 Å². The summed E-state index contributed by atoms with van der Waals surface area (Å²) >= 11 is 6.48. The number of amidine groups is 1. The minimum absolute atomic E-state index is 0.0936. The lowest BCUT2D eigenvalue weighted by molar-refractivity contribution is 0.477. The van der Waals surface area contributed by atoms with Crippen molar-refractivity contribution < 1.29 is 9.50 Å². The molecule has 0 spiro atoms. The molecule has 0 amide bonds. The fraction of sp³-hybridized carbons (Fsp3) is 0.160. The molecule has 5 rings (SSSR count). The summed E-state index contributed by atoms with van der Waals surface area (Å²) in [5.74, 6) is 0.577. The molecule has 2 aromatic carbocycles. The van der Waals surface area contributed by atoms with E-state index >= 15 is 0 Å². The zero-order valence-electron chi connectivity index (χ0n) is 18.8. The number of hydrogen-bond acceptors (Lipinski definition) is 6. The molecule has 0 atom stereocenters. The molecule has 0 fully saturated rings. The lowest BCUT2D eigenvalue weighted by Gasteiger charge is -2.26. The molecular formula is C25H22ClFN6O2. The molecule has 3 N–H and O–H groups in total. The van der Waals surface area contributed by atoms with Crippen LogP contribution in [-0.2, 0) is 7.05 Å². The number of nitrogens with zero attached hydrogens (tertiary/aromatic N) is 5. The van der Waals surface area contributed by atoms with E-state index in [1.165, 1.54) is 21.3 Å². The predicted octanol–water partition coefficient (Wildman–Crippen LogP) is 3.58. The third-order valence-electron chi connectivity index (χ3n) is 5.96. The average Bonchev–Trinajstić information content (AvgIpc) is 3.18. The summed E-state index contributed by atoms with van der Waals surface area (Å²) in [7, 11) is 1.64. The van der Waals surface area contributed by atoms with Crippen molar-refractivity contribution in [3.63, 3.8) is 0 Å². The molecule has 0 bridgehead atoms. The first-order chi connectivity index (χ1) is 16.8. The molecule has 35 heavy (non-hydrogen) atoms. The summed E-state index contributed by atoms with van der Waals surface area (Å²) in [5.41, 5.74) is 7.83. The summed E-state index contributed by atoms with van der Waals surface area (Å²) in [5, 5.41) is 11.4. The van der Waals surface area contributed by atoms with Crippen LogP contribution >= 0.6 is 11.6 Å². The van der Waals surface area contributed by atoms with Crippen molar-refractivity contribution in [2.75, 3.05) is 24.5 Å². The molecule has 0 aliphatic carbocycles. The van der Waals surface area contributed by atoms with Crippen molar-refractivity contribution in [2.24, 2.45) is 17.8 Å². The Bertz CT molecular complexity index is 1530. The monoisotopic (exact) mass is 492 g/mol. The number of phenolic OH excluding ortho intramolecular Hbond substituents is 1. The summed E-state index contributed by atoms with van der Waals surface area (Å²) < 4.78 is 17.6. The number of imidazole rings is 1. The largest absolute Gasteiger partial charge is 0.507 e. The second-order valence-electron chi connectivity index (χ2n) is 8.27. The second kappa shape index (κ2) is 8.92. The number of hydrogen-bond donors (Lipinski definition) is 2. The third kappa shape index (κ3) is 4.26. The molecule has 178 valence electrons. The number of aliphatic imine (C=N–C) groups is 1. The molecule has 1 aliphatic heterocycles. The van der Waals surface area contributed by atoms with E-state index in [1.54, 1.807) is 56.0 Å². The van der Waals surface area contributed by atoms with Gasteiger partial charge in [-0.15, -0.1) is 0 Å².